The highest BCUT2D eigenvalue weighted by molar-refractivity contribution is 6.02. The third-order valence-electron chi connectivity index (χ3n) is 5.68. The standard InChI is InChI=1S/C24H26F3NO5/c1-31-19-13-17-18(14-28(23(17)30)12-6-4-5-7-20(29)32-2)21(22(19)33-3)15-8-10-16(11-9-15)24(25,26)27/h8-11,13H,4-7,12,14H2,1-3H3. The second-order valence-electron chi connectivity index (χ2n) is 7.70. The molecule has 0 saturated carbocycles. The van der Waals surface area contributed by atoms with Crippen molar-refractivity contribution in [3.8, 4) is 22.6 Å². The number of carbonyl (C=O) groups is 2. The van der Waals surface area contributed by atoms with Gasteiger partial charge in [-0.25, -0.2) is 0 Å². The minimum absolute atomic E-state index is 0.174. The van der Waals surface area contributed by atoms with Crippen LogP contribution in [-0.2, 0) is 22.3 Å². The number of esters is 1. The lowest BCUT2D eigenvalue weighted by Gasteiger charge is -2.18. The summed E-state index contributed by atoms with van der Waals surface area (Å²) in [5.74, 6) is 0.260. The van der Waals surface area contributed by atoms with Gasteiger partial charge in [0.2, 0.25) is 0 Å². The quantitative estimate of drug-likeness (QED) is 0.382. The number of hydrogen-bond donors (Lipinski definition) is 0. The zero-order chi connectivity index (χ0) is 24.2. The smallest absolute Gasteiger partial charge is 0.416 e. The van der Waals surface area contributed by atoms with E-state index >= 15 is 0 Å². The first-order valence-electron chi connectivity index (χ1n) is 10.5. The lowest BCUT2D eigenvalue weighted by Crippen LogP contribution is -2.25. The lowest BCUT2D eigenvalue weighted by atomic mass is 9.94. The maximum atomic E-state index is 13.1. The predicted octanol–water partition coefficient (Wildman–Crippen LogP) is 5.08. The lowest BCUT2D eigenvalue weighted by molar-refractivity contribution is -0.140. The van der Waals surface area contributed by atoms with Crippen LogP contribution in [0.4, 0.5) is 13.2 Å². The van der Waals surface area contributed by atoms with E-state index < -0.39 is 11.7 Å². The van der Waals surface area contributed by atoms with Crippen molar-refractivity contribution < 1.29 is 37.0 Å². The van der Waals surface area contributed by atoms with Crippen molar-refractivity contribution in [2.75, 3.05) is 27.9 Å². The maximum absolute atomic E-state index is 13.1. The van der Waals surface area contributed by atoms with Gasteiger partial charge in [-0.3, -0.25) is 9.59 Å². The molecule has 0 saturated heterocycles. The van der Waals surface area contributed by atoms with Gasteiger partial charge < -0.3 is 19.1 Å². The van der Waals surface area contributed by atoms with Gasteiger partial charge in [-0.15, -0.1) is 0 Å². The Balaban J connectivity index is 1.88. The van der Waals surface area contributed by atoms with E-state index in [9.17, 15) is 22.8 Å². The number of nitrogens with zero attached hydrogens (tertiary/aromatic N) is 1. The van der Waals surface area contributed by atoms with Gasteiger partial charge in [-0.1, -0.05) is 18.6 Å². The summed E-state index contributed by atoms with van der Waals surface area (Å²) in [7, 11) is 4.24. The summed E-state index contributed by atoms with van der Waals surface area (Å²) < 4.78 is 54.6. The summed E-state index contributed by atoms with van der Waals surface area (Å²) in [5.41, 5.74) is 1.42. The largest absolute Gasteiger partial charge is 0.493 e. The Kier molecular flexibility index (Phi) is 7.50. The van der Waals surface area contributed by atoms with E-state index in [1.165, 1.54) is 33.5 Å². The van der Waals surface area contributed by atoms with E-state index in [4.69, 9.17) is 9.47 Å². The maximum Gasteiger partial charge on any atom is 0.416 e. The van der Waals surface area contributed by atoms with Crippen LogP contribution in [0.1, 0.15) is 47.2 Å². The molecular formula is C24H26F3NO5. The molecule has 33 heavy (non-hydrogen) atoms. The minimum Gasteiger partial charge on any atom is -0.493 e. The van der Waals surface area contributed by atoms with Crippen molar-refractivity contribution in [2.45, 2.75) is 38.4 Å². The van der Waals surface area contributed by atoms with Crippen molar-refractivity contribution in [1.82, 2.24) is 4.90 Å². The van der Waals surface area contributed by atoms with Crippen molar-refractivity contribution in [3.63, 3.8) is 0 Å². The van der Waals surface area contributed by atoms with Crippen LogP contribution in [0.3, 0.4) is 0 Å². The normalized spacial score (nSPS) is 13.2. The summed E-state index contributed by atoms with van der Waals surface area (Å²) in [6.07, 6.45) is -1.98. The molecule has 1 amide bonds. The monoisotopic (exact) mass is 465 g/mol. The number of methoxy groups -OCH3 is 3. The first-order chi connectivity index (χ1) is 15.7. The summed E-state index contributed by atoms with van der Waals surface area (Å²) in [5, 5.41) is 0. The van der Waals surface area contributed by atoms with Crippen LogP contribution in [0.5, 0.6) is 11.5 Å². The topological polar surface area (TPSA) is 65.1 Å². The number of unbranched alkanes of at least 4 members (excludes halogenated alkanes) is 2. The number of rotatable bonds is 9. The van der Waals surface area contributed by atoms with E-state index in [2.05, 4.69) is 4.74 Å². The van der Waals surface area contributed by atoms with Crippen molar-refractivity contribution in [3.05, 3.63) is 47.0 Å². The molecule has 6 nitrogen and oxygen atoms in total. The summed E-state index contributed by atoms with van der Waals surface area (Å²) >= 11 is 0. The molecule has 2 aromatic carbocycles. The van der Waals surface area contributed by atoms with E-state index in [0.29, 0.717) is 66.1 Å². The molecule has 0 N–H and O–H groups in total. The number of ether oxygens (including phenoxy) is 3. The number of hydrogen-bond acceptors (Lipinski definition) is 5. The molecule has 0 bridgehead atoms. The van der Waals surface area contributed by atoms with Gasteiger partial charge >= 0.3 is 12.1 Å². The van der Waals surface area contributed by atoms with Crippen LogP contribution in [0.25, 0.3) is 11.1 Å². The average molecular weight is 465 g/mol. The number of benzene rings is 2. The minimum atomic E-state index is -4.44. The predicted molar refractivity (Wildman–Crippen MR) is 115 cm³/mol. The van der Waals surface area contributed by atoms with Crippen LogP contribution >= 0.6 is 0 Å². The van der Waals surface area contributed by atoms with Crippen molar-refractivity contribution >= 4 is 11.9 Å². The average Bonchev–Trinajstić information content (AvgIpc) is 3.11. The molecule has 178 valence electrons. The summed E-state index contributed by atoms with van der Waals surface area (Å²) in [6.45, 7) is 0.799. The molecular weight excluding hydrogens is 439 g/mol. The number of carbonyl (C=O) groups excluding carboxylic acids is 2. The van der Waals surface area contributed by atoms with Gasteiger partial charge in [-0.05, 0) is 42.2 Å². The third kappa shape index (κ3) is 5.23. The summed E-state index contributed by atoms with van der Waals surface area (Å²) in [6, 6.07) is 6.38. The molecule has 0 atom stereocenters. The highest BCUT2D eigenvalue weighted by atomic mass is 19.4. The zero-order valence-electron chi connectivity index (χ0n) is 18.8. The Morgan fingerprint density at radius 1 is 1.03 bits per heavy atom. The molecule has 0 fully saturated rings. The van der Waals surface area contributed by atoms with Gasteiger partial charge in [0.15, 0.2) is 11.5 Å². The number of amides is 1. The van der Waals surface area contributed by atoms with Crippen LogP contribution in [0.15, 0.2) is 30.3 Å². The van der Waals surface area contributed by atoms with Gasteiger partial charge in [0.25, 0.3) is 5.91 Å². The second-order valence-corrected chi connectivity index (χ2v) is 7.70. The number of fused-ring (bicyclic) bond motifs is 1. The molecule has 0 aliphatic carbocycles. The molecule has 1 aliphatic heterocycles. The fourth-order valence-corrected chi connectivity index (χ4v) is 3.98. The van der Waals surface area contributed by atoms with Gasteiger partial charge in [0.05, 0.1) is 26.9 Å². The second kappa shape index (κ2) is 10.1. The Bertz CT molecular complexity index is 1020. The fourth-order valence-electron chi connectivity index (χ4n) is 3.98. The van der Waals surface area contributed by atoms with E-state index in [0.717, 1.165) is 18.6 Å². The van der Waals surface area contributed by atoms with Gasteiger partial charge in [-0.2, -0.15) is 13.2 Å². The Morgan fingerprint density at radius 3 is 2.30 bits per heavy atom. The highest BCUT2D eigenvalue weighted by Gasteiger charge is 2.34. The molecule has 1 aliphatic rings. The van der Waals surface area contributed by atoms with Crippen LogP contribution in [0, 0.1) is 0 Å². The Hall–Kier alpha value is -3.23. The van der Waals surface area contributed by atoms with E-state index in [-0.39, 0.29) is 11.9 Å². The highest BCUT2D eigenvalue weighted by Crippen LogP contribution is 2.46. The fraction of sp³-hybridized carbons (Fsp3) is 0.417. The van der Waals surface area contributed by atoms with Crippen LogP contribution in [0.2, 0.25) is 0 Å². The molecule has 0 unspecified atom stereocenters. The van der Waals surface area contributed by atoms with E-state index in [1.54, 1.807) is 11.0 Å². The first-order valence-corrected chi connectivity index (χ1v) is 10.5. The molecule has 9 heteroatoms. The molecule has 1 heterocycles. The Morgan fingerprint density at radius 2 is 1.73 bits per heavy atom. The van der Waals surface area contributed by atoms with Crippen molar-refractivity contribution in [1.29, 1.82) is 0 Å². The number of alkyl halides is 3. The van der Waals surface area contributed by atoms with E-state index in [1.807, 2.05) is 0 Å². The molecule has 0 radical (unpaired) electrons. The van der Waals surface area contributed by atoms with Gasteiger partial charge in [0, 0.05) is 30.6 Å². The first kappa shape index (κ1) is 24.4. The zero-order valence-corrected chi connectivity index (χ0v) is 18.8. The van der Waals surface area contributed by atoms with Crippen LogP contribution in [-0.4, -0.2) is 44.7 Å². The molecule has 3 rings (SSSR count). The third-order valence-corrected chi connectivity index (χ3v) is 5.68. The number of halogens is 3. The SMILES string of the molecule is COC(=O)CCCCCN1Cc2c(cc(OC)c(OC)c2-c2ccc(C(F)(F)F)cc2)C1=O. The molecule has 0 spiro atoms. The van der Waals surface area contributed by atoms with Gasteiger partial charge in [0.1, 0.15) is 0 Å². The Labute approximate surface area is 190 Å². The molecule has 2 aromatic rings. The molecule has 0 aromatic heterocycles. The summed E-state index contributed by atoms with van der Waals surface area (Å²) in [4.78, 5) is 26.0. The van der Waals surface area contributed by atoms with Crippen molar-refractivity contribution in [2.24, 2.45) is 0 Å². The van der Waals surface area contributed by atoms with Crippen LogP contribution < -0.4 is 9.47 Å².